The quantitative estimate of drug-likeness (QED) is 0.101. The van der Waals surface area contributed by atoms with E-state index in [-0.39, 0.29) is 96.4 Å². The van der Waals surface area contributed by atoms with Crippen molar-refractivity contribution >= 4 is 76.7 Å². The Morgan fingerprint density at radius 1 is 0.714 bits per heavy atom. The zero-order valence-electron chi connectivity index (χ0n) is 31.9. The summed E-state index contributed by atoms with van der Waals surface area (Å²) in [6.45, 7) is 15.1. The van der Waals surface area contributed by atoms with Gasteiger partial charge in [-0.2, -0.15) is 74.4 Å². The van der Waals surface area contributed by atoms with Crippen molar-refractivity contribution in [1.82, 2.24) is 39.5 Å². The summed E-state index contributed by atoms with van der Waals surface area (Å²) < 4.78 is 8.92. The van der Waals surface area contributed by atoms with Gasteiger partial charge in [0, 0.05) is 0 Å². The van der Waals surface area contributed by atoms with E-state index in [1.807, 2.05) is 0 Å². The third-order valence-corrected chi connectivity index (χ3v) is 6.49. The molecule has 1 fully saturated rings. The number of hydrogen-bond acceptors (Lipinski definition) is 16. The maximum atomic E-state index is 10.4. The van der Waals surface area contributed by atoms with Gasteiger partial charge in [0.2, 0.25) is 0 Å². The van der Waals surface area contributed by atoms with Gasteiger partial charge in [-0.25, -0.2) is 0 Å². The summed E-state index contributed by atoms with van der Waals surface area (Å²) >= 11 is 0. The first-order valence-electron chi connectivity index (χ1n) is 15.5. The molecule has 5 rings (SSSR count). The summed E-state index contributed by atoms with van der Waals surface area (Å²) in [5.74, 6) is 0. The highest BCUT2D eigenvalue weighted by Crippen LogP contribution is 2.18. The summed E-state index contributed by atoms with van der Waals surface area (Å²) in [5.41, 5.74) is 1.78. The fraction of sp³-hybridized carbons (Fsp3) is 0.571. The molecule has 56 heavy (non-hydrogen) atoms. The van der Waals surface area contributed by atoms with Crippen LogP contribution in [-0.2, 0) is 24.4 Å². The summed E-state index contributed by atoms with van der Waals surface area (Å²) in [6, 6.07) is 0. The molecule has 5 heterocycles. The minimum Gasteiger partial charge on any atom is -0.391 e. The van der Waals surface area contributed by atoms with Gasteiger partial charge in [-0.05, 0) is 55.4 Å². The average Bonchev–Trinajstić information content (AvgIpc) is 3.31. The molecule has 28 heteroatoms. The number of nitrogens with zero attached hydrogens (tertiary/aromatic N) is 11. The standard InChI is InChI=1S/3C7H11N3O3.C4H5N3O2.C3H6O.4H2S/c2*1-5(11)4-9-6(2)7(3-8-9)10(12)13;1-5(11)3-9-4-7(10(12)13)6(2)8-9;1-3-4(7(8)9)2-5-6-3;1-3-2-4-3;;;;/h2*3,5,11H,4H2,1-2H3;4-5,11H,3H2,1-2H3;2H,1H3,(H,5,6);3H,2H2,1H3;4*1H2/t3*5-;;3-;;;;/m000.0..../s1. The van der Waals surface area contributed by atoms with Crippen molar-refractivity contribution in [2.45, 2.75) is 99.4 Å². The monoisotopic (exact) mass is 876 g/mol. The minimum absolute atomic E-state index is 0. The second-order valence-electron chi connectivity index (χ2n) is 11.5. The number of aromatic amines is 1. The van der Waals surface area contributed by atoms with Gasteiger partial charge < -0.3 is 20.1 Å². The number of epoxide rings is 1. The van der Waals surface area contributed by atoms with E-state index in [0.29, 0.717) is 28.9 Å². The van der Waals surface area contributed by atoms with E-state index in [1.54, 1.807) is 48.5 Å². The lowest BCUT2D eigenvalue weighted by molar-refractivity contribution is -0.385. The molecule has 0 bridgehead atoms. The number of nitro groups is 4. The van der Waals surface area contributed by atoms with Crippen molar-refractivity contribution in [3.05, 3.63) is 88.0 Å². The third kappa shape index (κ3) is 21.1. The molecular weight excluding hydrogens is 825 g/mol. The van der Waals surface area contributed by atoms with Crippen molar-refractivity contribution in [3.63, 3.8) is 0 Å². The molecule has 1 aliphatic rings. The summed E-state index contributed by atoms with van der Waals surface area (Å²) in [4.78, 5) is 39.3. The molecule has 4 aromatic heterocycles. The zero-order chi connectivity index (χ0) is 39.9. The van der Waals surface area contributed by atoms with Crippen LogP contribution in [0.1, 0.15) is 50.5 Å². The fourth-order valence-corrected chi connectivity index (χ4v) is 3.78. The third-order valence-electron chi connectivity index (χ3n) is 6.49. The molecule has 4 atom stereocenters. The van der Waals surface area contributed by atoms with Gasteiger partial charge in [0.15, 0.2) is 0 Å². The number of H-pyrrole nitrogens is 1. The van der Waals surface area contributed by atoms with Crippen LogP contribution in [0.3, 0.4) is 0 Å². The van der Waals surface area contributed by atoms with Crippen molar-refractivity contribution in [1.29, 1.82) is 0 Å². The molecule has 4 N–H and O–H groups in total. The largest absolute Gasteiger partial charge is 0.391 e. The highest BCUT2D eigenvalue weighted by atomic mass is 32.1. The number of aryl methyl sites for hydroxylation is 2. The maximum Gasteiger partial charge on any atom is 0.309 e. The van der Waals surface area contributed by atoms with Crippen LogP contribution in [0.15, 0.2) is 24.8 Å². The molecule has 1 aliphatic heterocycles. The topological polar surface area (TPSA) is 328 Å². The Morgan fingerprint density at radius 3 is 1.29 bits per heavy atom. The number of ether oxygens (including phenoxy) is 1. The molecule has 0 amide bonds. The van der Waals surface area contributed by atoms with Gasteiger partial charge in [-0.15, -0.1) is 0 Å². The lowest BCUT2D eigenvalue weighted by Crippen LogP contribution is -2.14. The molecule has 0 aliphatic carbocycles. The summed E-state index contributed by atoms with van der Waals surface area (Å²) in [5, 5.41) is 85.8. The Kier molecular flexibility index (Phi) is 29.3. The number of aliphatic hydroxyl groups excluding tert-OH is 3. The van der Waals surface area contributed by atoms with Crippen LogP contribution in [0.4, 0.5) is 22.7 Å². The lowest BCUT2D eigenvalue weighted by atomic mass is 10.3. The Labute approximate surface area is 349 Å². The van der Waals surface area contributed by atoms with Gasteiger partial charge in [-0.1, -0.05) is 0 Å². The molecular formula is C28H52N12O12S4. The van der Waals surface area contributed by atoms with Gasteiger partial charge >= 0.3 is 22.7 Å². The molecule has 0 saturated carbocycles. The van der Waals surface area contributed by atoms with Crippen molar-refractivity contribution in [2.24, 2.45) is 0 Å². The van der Waals surface area contributed by atoms with Gasteiger partial charge in [0.05, 0.1) is 70.4 Å². The Morgan fingerprint density at radius 2 is 1.07 bits per heavy atom. The number of aromatic nitrogens is 8. The van der Waals surface area contributed by atoms with Crippen LogP contribution >= 0.6 is 54.0 Å². The van der Waals surface area contributed by atoms with E-state index >= 15 is 0 Å². The van der Waals surface area contributed by atoms with Crippen molar-refractivity contribution in [2.75, 3.05) is 6.61 Å². The predicted octanol–water partition coefficient (Wildman–Crippen LogP) is 2.92. The minimum atomic E-state index is -0.557. The second-order valence-corrected chi connectivity index (χ2v) is 11.5. The summed E-state index contributed by atoms with van der Waals surface area (Å²) in [6.07, 6.45) is 3.81. The van der Waals surface area contributed by atoms with Crippen LogP contribution in [0.2, 0.25) is 0 Å². The summed E-state index contributed by atoms with van der Waals surface area (Å²) in [7, 11) is 0. The predicted molar refractivity (Wildman–Crippen MR) is 223 cm³/mol. The first-order valence-corrected chi connectivity index (χ1v) is 15.5. The highest BCUT2D eigenvalue weighted by Gasteiger charge is 2.18. The SMILES string of the molecule is C[C@H]1CO1.Cc1[nH]ncc1[N+](=O)[O-].Cc1c([N+](=O)[O-])cnn1C[C@H](C)O.Cc1c([N+](=O)[O-])cnn1C[C@H](C)O.Cc1nn(C[C@H](C)O)cc1[N+](=O)[O-].S.S.S.S. The van der Waals surface area contributed by atoms with E-state index in [2.05, 4.69) is 32.4 Å². The Balaban J connectivity index is -0.000000306. The number of nitrogens with one attached hydrogen (secondary N) is 1. The van der Waals surface area contributed by atoms with Crippen molar-refractivity contribution < 1.29 is 39.7 Å². The zero-order valence-corrected chi connectivity index (χ0v) is 35.9. The van der Waals surface area contributed by atoms with Crippen LogP contribution in [0, 0.1) is 68.2 Å². The van der Waals surface area contributed by atoms with E-state index < -0.39 is 38.0 Å². The van der Waals surface area contributed by atoms with Gasteiger partial charge in [-0.3, -0.25) is 59.6 Å². The number of rotatable bonds is 10. The second kappa shape index (κ2) is 28.1. The Bertz CT molecular complexity index is 1700. The van der Waals surface area contributed by atoms with Gasteiger partial charge in [0.1, 0.15) is 47.6 Å². The van der Waals surface area contributed by atoms with Crippen molar-refractivity contribution in [3.8, 4) is 0 Å². The molecule has 320 valence electrons. The first-order chi connectivity index (χ1) is 24.2. The van der Waals surface area contributed by atoms with E-state index in [1.165, 1.54) is 38.8 Å². The molecule has 0 spiro atoms. The molecule has 0 radical (unpaired) electrons. The normalized spacial score (nSPS) is 13.3. The highest BCUT2D eigenvalue weighted by molar-refractivity contribution is 7.59. The molecule has 24 nitrogen and oxygen atoms in total. The fourth-order valence-electron chi connectivity index (χ4n) is 3.78. The molecule has 0 unspecified atom stereocenters. The van der Waals surface area contributed by atoms with E-state index in [4.69, 9.17) is 20.1 Å². The average molecular weight is 877 g/mol. The van der Waals surface area contributed by atoms with Crippen LogP contribution < -0.4 is 0 Å². The Hall–Kier alpha value is -4.32. The van der Waals surface area contributed by atoms with E-state index in [9.17, 15) is 40.5 Å². The maximum absolute atomic E-state index is 10.4. The molecule has 4 aromatic rings. The van der Waals surface area contributed by atoms with Crippen LogP contribution in [0.5, 0.6) is 0 Å². The van der Waals surface area contributed by atoms with E-state index in [0.717, 1.165) is 6.61 Å². The van der Waals surface area contributed by atoms with Crippen LogP contribution in [-0.4, -0.2) is 106 Å². The van der Waals surface area contributed by atoms with Gasteiger partial charge in [0.25, 0.3) is 0 Å². The van der Waals surface area contributed by atoms with Crippen LogP contribution in [0.25, 0.3) is 0 Å². The first kappa shape index (κ1) is 58.4. The molecule has 1 saturated heterocycles. The smallest absolute Gasteiger partial charge is 0.309 e. The molecule has 0 aromatic carbocycles. The number of hydrogen-bond donors (Lipinski definition) is 4. The number of aliphatic hydroxyl groups is 3. The lowest BCUT2D eigenvalue weighted by Gasteiger charge is -2.04.